The van der Waals surface area contributed by atoms with Gasteiger partial charge in [0.2, 0.25) is 0 Å². The normalized spacial score (nSPS) is 10.6. The predicted molar refractivity (Wildman–Crippen MR) is 63.9 cm³/mol. The lowest BCUT2D eigenvalue weighted by Gasteiger charge is -1.99. The van der Waals surface area contributed by atoms with E-state index in [-0.39, 0.29) is 12.2 Å². The molecule has 0 atom stereocenters. The highest BCUT2D eigenvalue weighted by Gasteiger charge is 2.11. The highest BCUT2D eigenvalue weighted by Crippen LogP contribution is 2.13. The Bertz CT molecular complexity index is 578. The van der Waals surface area contributed by atoms with E-state index in [0.717, 1.165) is 0 Å². The van der Waals surface area contributed by atoms with E-state index in [1.54, 1.807) is 25.1 Å². The third-order valence-electron chi connectivity index (χ3n) is 2.67. The lowest BCUT2D eigenvalue weighted by molar-refractivity contribution is -0.136. The van der Waals surface area contributed by atoms with Gasteiger partial charge >= 0.3 is 5.97 Å². The number of benzene rings is 1. The van der Waals surface area contributed by atoms with Gasteiger partial charge in [-0.25, -0.2) is 9.37 Å². The highest BCUT2D eigenvalue weighted by atomic mass is 19.1. The molecule has 1 aromatic carbocycles. The summed E-state index contributed by atoms with van der Waals surface area (Å²) in [5.74, 6) is -0.637. The van der Waals surface area contributed by atoms with Crippen LogP contribution in [0.25, 0.3) is 0 Å². The van der Waals surface area contributed by atoms with Crippen molar-refractivity contribution in [2.45, 2.75) is 19.8 Å². The van der Waals surface area contributed by atoms with E-state index in [1.807, 2.05) is 0 Å². The van der Waals surface area contributed by atoms with E-state index in [9.17, 15) is 9.18 Å². The average molecular weight is 248 g/mol. The molecule has 0 saturated heterocycles. The predicted octanol–water partition coefficient (Wildman–Crippen LogP) is 2.08. The molecule has 0 aliphatic rings. The molecule has 1 aromatic heterocycles. The van der Waals surface area contributed by atoms with Crippen molar-refractivity contribution in [3.63, 3.8) is 0 Å². The Labute approximate surface area is 103 Å². The standard InChI is InChI=1S/C13H13FN2O2/c1-8-11(7-13(17)18)16-12(15-8)6-9-4-2-3-5-10(9)14/h2-5H,6-7H2,1H3,(H,15,16)(H,17,18). The van der Waals surface area contributed by atoms with Crippen molar-refractivity contribution in [1.29, 1.82) is 0 Å². The van der Waals surface area contributed by atoms with Crippen molar-refractivity contribution in [3.8, 4) is 0 Å². The van der Waals surface area contributed by atoms with Crippen molar-refractivity contribution in [3.05, 3.63) is 52.9 Å². The number of hydrogen-bond donors (Lipinski definition) is 2. The minimum Gasteiger partial charge on any atom is -0.481 e. The number of nitrogens with zero attached hydrogens (tertiary/aromatic N) is 1. The number of aromatic nitrogens is 2. The molecule has 0 saturated carbocycles. The van der Waals surface area contributed by atoms with Crippen LogP contribution in [0.2, 0.25) is 0 Å². The van der Waals surface area contributed by atoms with E-state index >= 15 is 0 Å². The molecule has 2 rings (SSSR count). The van der Waals surface area contributed by atoms with Gasteiger partial charge in [-0.2, -0.15) is 0 Å². The van der Waals surface area contributed by atoms with Gasteiger partial charge in [0.25, 0.3) is 0 Å². The van der Waals surface area contributed by atoms with Crippen LogP contribution in [0.3, 0.4) is 0 Å². The molecule has 0 fully saturated rings. The summed E-state index contributed by atoms with van der Waals surface area (Å²) in [5.41, 5.74) is 1.74. The summed E-state index contributed by atoms with van der Waals surface area (Å²) in [6.07, 6.45) is 0.201. The summed E-state index contributed by atoms with van der Waals surface area (Å²) in [4.78, 5) is 17.8. The SMILES string of the molecule is Cc1[nH]c(Cc2ccccc2F)nc1CC(=O)O. The summed E-state index contributed by atoms with van der Waals surface area (Å²) < 4.78 is 13.5. The van der Waals surface area contributed by atoms with Crippen molar-refractivity contribution in [2.75, 3.05) is 0 Å². The molecular weight excluding hydrogens is 235 g/mol. The van der Waals surface area contributed by atoms with Crippen molar-refractivity contribution in [1.82, 2.24) is 9.97 Å². The second-order valence-electron chi connectivity index (χ2n) is 4.09. The van der Waals surface area contributed by atoms with Crippen molar-refractivity contribution in [2.24, 2.45) is 0 Å². The summed E-state index contributed by atoms with van der Waals surface area (Å²) in [5, 5.41) is 8.72. The van der Waals surface area contributed by atoms with Crippen LogP contribution in [0, 0.1) is 12.7 Å². The first kappa shape index (κ1) is 12.3. The quantitative estimate of drug-likeness (QED) is 0.870. The van der Waals surface area contributed by atoms with Gasteiger partial charge in [0.05, 0.1) is 12.1 Å². The maximum Gasteiger partial charge on any atom is 0.309 e. The van der Waals surface area contributed by atoms with Crippen LogP contribution in [0.1, 0.15) is 22.8 Å². The molecule has 4 nitrogen and oxygen atoms in total. The van der Waals surface area contributed by atoms with Crippen LogP contribution in [0.4, 0.5) is 4.39 Å². The largest absolute Gasteiger partial charge is 0.481 e. The van der Waals surface area contributed by atoms with Gasteiger partial charge in [-0.3, -0.25) is 4.79 Å². The Morgan fingerprint density at radius 3 is 2.83 bits per heavy atom. The fourth-order valence-electron chi connectivity index (χ4n) is 1.78. The number of carbonyl (C=O) groups is 1. The van der Waals surface area contributed by atoms with E-state index in [4.69, 9.17) is 5.11 Å². The number of halogens is 1. The summed E-state index contributed by atoms with van der Waals surface area (Å²) in [6.45, 7) is 1.76. The van der Waals surface area contributed by atoms with Gasteiger partial charge in [0, 0.05) is 12.1 Å². The maximum atomic E-state index is 13.5. The molecule has 0 aliphatic heterocycles. The van der Waals surface area contributed by atoms with Gasteiger partial charge in [-0.15, -0.1) is 0 Å². The molecule has 0 unspecified atom stereocenters. The minimum atomic E-state index is -0.929. The molecule has 18 heavy (non-hydrogen) atoms. The number of carboxylic acids is 1. The topological polar surface area (TPSA) is 66.0 Å². The van der Waals surface area contributed by atoms with Crippen LogP contribution >= 0.6 is 0 Å². The van der Waals surface area contributed by atoms with Crippen LogP contribution in [0.15, 0.2) is 24.3 Å². The molecule has 0 aliphatic carbocycles. The molecule has 0 bridgehead atoms. The third-order valence-corrected chi connectivity index (χ3v) is 2.67. The fraction of sp³-hybridized carbons (Fsp3) is 0.231. The molecule has 2 N–H and O–H groups in total. The Morgan fingerprint density at radius 1 is 1.44 bits per heavy atom. The lowest BCUT2D eigenvalue weighted by atomic mass is 10.1. The van der Waals surface area contributed by atoms with Gasteiger partial charge in [-0.05, 0) is 18.6 Å². The van der Waals surface area contributed by atoms with Gasteiger partial charge in [-0.1, -0.05) is 18.2 Å². The van der Waals surface area contributed by atoms with E-state index in [2.05, 4.69) is 9.97 Å². The number of H-pyrrole nitrogens is 1. The molecule has 0 spiro atoms. The number of carboxylic acid groups (broad SMARTS) is 1. The van der Waals surface area contributed by atoms with Crippen LogP contribution in [-0.4, -0.2) is 21.0 Å². The number of aromatic amines is 1. The Morgan fingerprint density at radius 2 is 2.17 bits per heavy atom. The lowest BCUT2D eigenvalue weighted by Crippen LogP contribution is -2.02. The van der Waals surface area contributed by atoms with Gasteiger partial charge in [0.15, 0.2) is 0 Å². The van der Waals surface area contributed by atoms with E-state index in [1.165, 1.54) is 6.07 Å². The van der Waals surface area contributed by atoms with Crippen molar-refractivity contribution < 1.29 is 14.3 Å². The summed E-state index contributed by atoms with van der Waals surface area (Å²) in [7, 11) is 0. The average Bonchev–Trinajstić information content (AvgIpc) is 2.62. The molecule has 1 heterocycles. The van der Waals surface area contributed by atoms with Gasteiger partial charge in [0.1, 0.15) is 11.6 Å². The minimum absolute atomic E-state index is 0.125. The van der Waals surface area contributed by atoms with E-state index < -0.39 is 5.97 Å². The first-order chi connectivity index (χ1) is 8.56. The zero-order valence-corrected chi connectivity index (χ0v) is 9.90. The fourth-order valence-corrected chi connectivity index (χ4v) is 1.78. The third kappa shape index (κ3) is 2.74. The number of hydrogen-bond acceptors (Lipinski definition) is 2. The molecule has 0 amide bonds. The number of nitrogens with one attached hydrogen (secondary N) is 1. The number of aryl methyl sites for hydroxylation is 1. The molecule has 94 valence electrons. The maximum absolute atomic E-state index is 13.5. The van der Waals surface area contributed by atoms with Crippen LogP contribution in [0.5, 0.6) is 0 Å². The van der Waals surface area contributed by atoms with Crippen molar-refractivity contribution >= 4 is 5.97 Å². The number of rotatable bonds is 4. The Kier molecular flexibility index (Phi) is 3.41. The second kappa shape index (κ2) is 5.00. The monoisotopic (exact) mass is 248 g/mol. The Balaban J connectivity index is 2.20. The zero-order valence-electron chi connectivity index (χ0n) is 9.90. The Hall–Kier alpha value is -2.17. The smallest absolute Gasteiger partial charge is 0.309 e. The zero-order chi connectivity index (χ0) is 13.1. The summed E-state index contributed by atoms with van der Waals surface area (Å²) in [6, 6.07) is 6.46. The number of imidazole rings is 1. The molecule has 5 heteroatoms. The van der Waals surface area contributed by atoms with E-state index in [0.29, 0.717) is 29.2 Å². The van der Waals surface area contributed by atoms with Gasteiger partial charge < -0.3 is 10.1 Å². The molecular formula is C13H13FN2O2. The molecule has 0 radical (unpaired) electrons. The second-order valence-corrected chi connectivity index (χ2v) is 4.09. The highest BCUT2D eigenvalue weighted by molar-refractivity contribution is 5.69. The van der Waals surface area contributed by atoms with Crippen LogP contribution < -0.4 is 0 Å². The first-order valence-corrected chi connectivity index (χ1v) is 5.56. The first-order valence-electron chi connectivity index (χ1n) is 5.56. The number of aliphatic carboxylic acids is 1. The molecule has 2 aromatic rings. The van der Waals surface area contributed by atoms with Crippen LogP contribution in [-0.2, 0) is 17.6 Å². The summed E-state index contributed by atoms with van der Waals surface area (Å²) >= 11 is 0.